The zero-order valence-electron chi connectivity index (χ0n) is 15.3. The van der Waals surface area contributed by atoms with E-state index in [2.05, 4.69) is 24.1 Å². The summed E-state index contributed by atoms with van der Waals surface area (Å²) in [5.41, 5.74) is 0.823. The van der Waals surface area contributed by atoms with Crippen molar-refractivity contribution in [1.82, 2.24) is 10.2 Å². The molecule has 2 aromatic rings. The molecule has 3 nitrogen and oxygen atoms in total. The highest BCUT2D eigenvalue weighted by atomic mass is 32.1. The van der Waals surface area contributed by atoms with Crippen molar-refractivity contribution in [3.05, 3.63) is 34.5 Å². The van der Waals surface area contributed by atoms with E-state index in [0.717, 1.165) is 54.4 Å². The minimum Gasteiger partial charge on any atom is -0.346 e. The summed E-state index contributed by atoms with van der Waals surface area (Å²) in [4.78, 5) is 16.1. The van der Waals surface area contributed by atoms with Crippen LogP contribution in [0, 0.1) is 11.7 Å². The van der Waals surface area contributed by atoms with Gasteiger partial charge < -0.3 is 5.32 Å². The number of piperidine rings is 3. The number of halogens is 1. The van der Waals surface area contributed by atoms with Gasteiger partial charge in [-0.3, -0.25) is 9.69 Å². The van der Waals surface area contributed by atoms with E-state index < -0.39 is 0 Å². The lowest BCUT2D eigenvalue weighted by atomic mass is 9.72. The molecule has 138 valence electrons. The molecule has 1 amide bonds. The van der Waals surface area contributed by atoms with E-state index in [0.29, 0.717) is 16.7 Å². The van der Waals surface area contributed by atoms with Crippen LogP contribution in [0.25, 0.3) is 10.1 Å². The molecule has 1 aromatic heterocycles. The van der Waals surface area contributed by atoms with Crippen molar-refractivity contribution < 1.29 is 9.18 Å². The number of nitrogens with zero attached hydrogens (tertiary/aromatic N) is 1. The number of hydrogen-bond donors (Lipinski definition) is 1. The van der Waals surface area contributed by atoms with Gasteiger partial charge in [0, 0.05) is 16.3 Å². The van der Waals surface area contributed by atoms with Crippen LogP contribution >= 0.6 is 11.3 Å². The zero-order chi connectivity index (χ0) is 18.1. The van der Waals surface area contributed by atoms with Gasteiger partial charge in [-0.05, 0) is 93.6 Å². The van der Waals surface area contributed by atoms with Gasteiger partial charge >= 0.3 is 0 Å². The summed E-state index contributed by atoms with van der Waals surface area (Å²) in [6.07, 6.45) is 4.49. The number of amides is 1. The summed E-state index contributed by atoms with van der Waals surface area (Å²) in [5, 5.41) is 4.16. The van der Waals surface area contributed by atoms with Gasteiger partial charge in [-0.15, -0.1) is 11.3 Å². The number of fused-ring (bicyclic) bond motifs is 4. The number of carbonyl (C=O) groups is 1. The molecule has 26 heavy (non-hydrogen) atoms. The molecular weight excluding hydrogens is 347 g/mol. The fourth-order valence-corrected chi connectivity index (χ4v) is 5.98. The monoisotopic (exact) mass is 372 g/mol. The van der Waals surface area contributed by atoms with E-state index in [1.165, 1.54) is 11.3 Å². The molecule has 1 N–H and O–H groups in total. The molecule has 0 radical (unpaired) electrons. The number of nitrogens with one attached hydrogen (secondary N) is 1. The Labute approximate surface area is 157 Å². The Hall–Kier alpha value is -1.46. The standard InChI is InChI=1S/C21H25FN2OS/c1-21(2)19(13-5-7-24(21)8-6-13)23-20(25)18-10-14-9-16(22)15(12-3-4-12)11-17(14)26-18/h9-13,19H,3-8H2,1-2H3,(H,23,25)/t19-/m0/s1. The second kappa shape index (κ2) is 5.77. The predicted octanol–water partition coefficient (Wildman–Crippen LogP) is 4.52. The molecule has 0 unspecified atom stereocenters. The summed E-state index contributed by atoms with van der Waals surface area (Å²) in [6, 6.07) is 5.60. The van der Waals surface area contributed by atoms with Gasteiger partial charge in [-0.1, -0.05) is 0 Å². The van der Waals surface area contributed by atoms with Crippen LogP contribution in [0.4, 0.5) is 4.39 Å². The summed E-state index contributed by atoms with van der Waals surface area (Å²) in [5.74, 6) is 0.813. The number of rotatable bonds is 3. The normalized spacial score (nSPS) is 29.9. The lowest BCUT2D eigenvalue weighted by Gasteiger charge is -2.56. The van der Waals surface area contributed by atoms with Gasteiger partial charge in [0.25, 0.3) is 5.91 Å². The van der Waals surface area contributed by atoms with Crippen LogP contribution in [0.1, 0.15) is 60.7 Å². The molecule has 0 spiro atoms. The highest BCUT2D eigenvalue weighted by molar-refractivity contribution is 7.20. The highest BCUT2D eigenvalue weighted by Crippen LogP contribution is 2.43. The lowest BCUT2D eigenvalue weighted by Crippen LogP contribution is -2.69. The molecule has 2 bridgehead atoms. The summed E-state index contributed by atoms with van der Waals surface area (Å²) < 4.78 is 15.3. The van der Waals surface area contributed by atoms with Crippen LogP contribution in [-0.4, -0.2) is 35.5 Å². The van der Waals surface area contributed by atoms with Crippen molar-refractivity contribution in [2.45, 2.75) is 57.0 Å². The minimum absolute atomic E-state index is 0.00123. The van der Waals surface area contributed by atoms with Gasteiger partial charge in [0.15, 0.2) is 0 Å². The van der Waals surface area contributed by atoms with Gasteiger partial charge in [-0.25, -0.2) is 4.39 Å². The zero-order valence-corrected chi connectivity index (χ0v) is 16.2. The van der Waals surface area contributed by atoms with Crippen molar-refractivity contribution in [2.24, 2.45) is 5.92 Å². The molecule has 6 rings (SSSR count). The maximum Gasteiger partial charge on any atom is 0.261 e. The lowest BCUT2D eigenvalue weighted by molar-refractivity contribution is -0.0377. The van der Waals surface area contributed by atoms with E-state index in [9.17, 15) is 9.18 Å². The van der Waals surface area contributed by atoms with E-state index in [1.807, 2.05) is 12.1 Å². The average molecular weight is 373 g/mol. The van der Waals surface area contributed by atoms with Crippen LogP contribution < -0.4 is 5.32 Å². The van der Waals surface area contributed by atoms with Crippen LogP contribution in [-0.2, 0) is 0 Å². The third kappa shape index (κ3) is 2.59. The molecule has 3 aliphatic heterocycles. The first kappa shape index (κ1) is 16.7. The second-order valence-electron chi connectivity index (χ2n) is 8.73. The molecule has 3 saturated heterocycles. The first-order chi connectivity index (χ1) is 12.4. The van der Waals surface area contributed by atoms with Crippen molar-refractivity contribution in [3.8, 4) is 0 Å². The van der Waals surface area contributed by atoms with Crippen molar-refractivity contribution in [2.75, 3.05) is 13.1 Å². The molecule has 1 atom stereocenters. The van der Waals surface area contributed by atoms with Crippen molar-refractivity contribution >= 4 is 27.3 Å². The fraction of sp³-hybridized carbons (Fsp3) is 0.571. The Morgan fingerprint density at radius 1 is 1.19 bits per heavy atom. The number of thiophene rings is 1. The van der Waals surface area contributed by atoms with Crippen LogP contribution in [0.3, 0.4) is 0 Å². The van der Waals surface area contributed by atoms with Gasteiger partial charge in [0.05, 0.1) is 4.88 Å². The molecule has 5 heteroatoms. The van der Waals surface area contributed by atoms with Crippen molar-refractivity contribution in [3.63, 3.8) is 0 Å². The average Bonchev–Trinajstić information content (AvgIpc) is 3.37. The minimum atomic E-state index is -0.122. The topological polar surface area (TPSA) is 32.3 Å². The maximum absolute atomic E-state index is 14.3. The Morgan fingerprint density at radius 2 is 1.92 bits per heavy atom. The molecule has 4 fully saturated rings. The Balaban J connectivity index is 1.42. The van der Waals surface area contributed by atoms with E-state index >= 15 is 0 Å². The summed E-state index contributed by atoms with van der Waals surface area (Å²) in [6.45, 7) is 6.75. The number of hydrogen-bond acceptors (Lipinski definition) is 3. The van der Waals surface area contributed by atoms with Crippen LogP contribution in [0.5, 0.6) is 0 Å². The fourth-order valence-electron chi connectivity index (χ4n) is 4.98. The molecule has 1 aliphatic carbocycles. The van der Waals surface area contributed by atoms with Gasteiger partial charge in [0.2, 0.25) is 0 Å². The van der Waals surface area contributed by atoms with Crippen molar-refractivity contribution in [1.29, 1.82) is 0 Å². The van der Waals surface area contributed by atoms with E-state index in [1.54, 1.807) is 6.07 Å². The number of benzene rings is 1. The Morgan fingerprint density at radius 3 is 2.58 bits per heavy atom. The SMILES string of the molecule is CC1(C)[C@@H](NC(=O)c2cc3cc(F)c(C4CC4)cc3s2)C2CCN1CC2. The molecule has 1 saturated carbocycles. The third-order valence-corrected chi connectivity index (χ3v) is 7.85. The molecule has 4 heterocycles. The second-order valence-corrected chi connectivity index (χ2v) is 9.81. The molecule has 4 aliphatic rings. The Bertz CT molecular complexity index is 878. The largest absolute Gasteiger partial charge is 0.346 e. The Kier molecular flexibility index (Phi) is 3.70. The van der Waals surface area contributed by atoms with Crippen LogP contribution in [0.2, 0.25) is 0 Å². The number of carbonyl (C=O) groups excluding carboxylic acids is 1. The molecular formula is C21H25FN2OS. The highest BCUT2D eigenvalue weighted by Gasteiger charge is 2.48. The maximum atomic E-state index is 14.3. The quantitative estimate of drug-likeness (QED) is 0.859. The smallest absolute Gasteiger partial charge is 0.261 e. The summed E-state index contributed by atoms with van der Waals surface area (Å²) >= 11 is 1.49. The third-order valence-electron chi connectivity index (χ3n) is 6.75. The first-order valence-electron chi connectivity index (χ1n) is 9.72. The van der Waals surface area contributed by atoms with Gasteiger partial charge in [0.1, 0.15) is 5.82 Å². The first-order valence-corrected chi connectivity index (χ1v) is 10.5. The van der Waals surface area contributed by atoms with Crippen LogP contribution in [0.15, 0.2) is 18.2 Å². The van der Waals surface area contributed by atoms with E-state index in [4.69, 9.17) is 0 Å². The predicted molar refractivity (Wildman–Crippen MR) is 103 cm³/mol. The van der Waals surface area contributed by atoms with Gasteiger partial charge in [-0.2, -0.15) is 0 Å². The van der Waals surface area contributed by atoms with E-state index in [-0.39, 0.29) is 23.3 Å². The summed E-state index contributed by atoms with van der Waals surface area (Å²) in [7, 11) is 0. The molecule has 1 aromatic carbocycles.